The smallest absolute Gasteiger partial charge is 0.179 e. The fraction of sp³-hybridized carbons (Fsp3) is 0.267. The first-order chi connectivity index (χ1) is 9.65. The lowest BCUT2D eigenvalue weighted by molar-refractivity contribution is 0.0982. The van der Waals surface area contributed by atoms with Gasteiger partial charge in [-0.15, -0.1) is 11.3 Å². The Morgan fingerprint density at radius 3 is 2.70 bits per heavy atom. The van der Waals surface area contributed by atoms with Crippen molar-refractivity contribution in [2.24, 2.45) is 0 Å². The number of Topliss-reactive ketones (excluding diaryl/α,β-unsaturated/α-hetero) is 1. The maximum absolute atomic E-state index is 12.2. The zero-order valence-electron chi connectivity index (χ0n) is 11.3. The van der Waals surface area contributed by atoms with Gasteiger partial charge in [-0.2, -0.15) is 0 Å². The Balaban J connectivity index is 2.15. The summed E-state index contributed by atoms with van der Waals surface area (Å²) in [4.78, 5) is 13.4. The first-order valence-corrected chi connectivity index (χ1v) is 7.38. The summed E-state index contributed by atoms with van der Waals surface area (Å²) in [6, 6.07) is 7.30. The number of methoxy groups -OCH3 is 2. The van der Waals surface area contributed by atoms with Crippen LogP contribution in [-0.2, 0) is 6.42 Å². The molecule has 1 aromatic heterocycles. The maximum atomic E-state index is 12.2. The number of carbonyl (C=O) groups is 1. The van der Waals surface area contributed by atoms with E-state index >= 15 is 0 Å². The summed E-state index contributed by atoms with van der Waals surface area (Å²) in [5.41, 5.74) is 0.546. The van der Waals surface area contributed by atoms with Gasteiger partial charge in [-0.3, -0.25) is 4.79 Å². The number of rotatable bonds is 6. The fourth-order valence-electron chi connectivity index (χ4n) is 1.91. The van der Waals surface area contributed by atoms with E-state index in [1.807, 2.05) is 17.5 Å². The first kappa shape index (κ1) is 14.9. The number of thiophene rings is 1. The van der Waals surface area contributed by atoms with Crippen molar-refractivity contribution in [2.75, 3.05) is 14.2 Å². The van der Waals surface area contributed by atoms with Crippen LogP contribution < -0.4 is 9.47 Å². The number of hydrogen-bond donors (Lipinski definition) is 0. The molecule has 0 saturated heterocycles. The van der Waals surface area contributed by atoms with Crippen LogP contribution in [0.2, 0.25) is 5.02 Å². The molecule has 0 aliphatic carbocycles. The van der Waals surface area contributed by atoms with Crippen LogP contribution in [0.5, 0.6) is 11.5 Å². The average Bonchev–Trinajstić information content (AvgIpc) is 2.97. The molecule has 0 aliphatic heterocycles. The maximum Gasteiger partial charge on any atom is 0.179 e. The van der Waals surface area contributed by atoms with Gasteiger partial charge in [0.1, 0.15) is 0 Å². The summed E-state index contributed by atoms with van der Waals surface area (Å²) < 4.78 is 10.4. The summed E-state index contributed by atoms with van der Waals surface area (Å²) in [5.74, 6) is 0.963. The number of benzene rings is 1. The van der Waals surface area contributed by atoms with Gasteiger partial charge >= 0.3 is 0 Å². The zero-order chi connectivity index (χ0) is 14.5. The fourth-order valence-corrected chi connectivity index (χ4v) is 2.91. The third kappa shape index (κ3) is 3.32. The monoisotopic (exact) mass is 310 g/mol. The molecule has 0 N–H and O–H groups in total. The number of ether oxygens (including phenoxy) is 2. The first-order valence-electron chi connectivity index (χ1n) is 6.12. The van der Waals surface area contributed by atoms with Gasteiger partial charge in [-0.1, -0.05) is 17.7 Å². The SMILES string of the molecule is COc1cc(C(=O)CCc2cccs2)cc(Cl)c1OC. The lowest BCUT2D eigenvalue weighted by Gasteiger charge is -2.11. The summed E-state index contributed by atoms with van der Waals surface area (Å²) in [6.07, 6.45) is 1.19. The van der Waals surface area contributed by atoms with Gasteiger partial charge in [0, 0.05) is 16.9 Å². The van der Waals surface area contributed by atoms with Crippen molar-refractivity contribution in [3.63, 3.8) is 0 Å². The lowest BCUT2D eigenvalue weighted by atomic mass is 10.1. The molecule has 0 radical (unpaired) electrons. The van der Waals surface area contributed by atoms with E-state index in [2.05, 4.69) is 0 Å². The minimum atomic E-state index is 0.0428. The molecule has 0 unspecified atom stereocenters. The largest absolute Gasteiger partial charge is 0.493 e. The number of aryl methyl sites for hydroxylation is 1. The highest BCUT2D eigenvalue weighted by atomic mass is 35.5. The third-order valence-corrected chi connectivity index (χ3v) is 4.15. The second kappa shape index (κ2) is 6.77. The second-order valence-corrected chi connectivity index (χ2v) is 5.64. The molecule has 0 aliphatic rings. The highest BCUT2D eigenvalue weighted by Crippen LogP contribution is 2.36. The molecule has 106 valence electrons. The molecule has 0 bridgehead atoms. The molecule has 2 rings (SSSR count). The molecule has 3 nitrogen and oxygen atoms in total. The summed E-state index contributed by atoms with van der Waals surface area (Å²) in [6.45, 7) is 0. The van der Waals surface area contributed by atoms with Crippen molar-refractivity contribution in [2.45, 2.75) is 12.8 Å². The molecular formula is C15H15ClO3S. The van der Waals surface area contributed by atoms with Gasteiger partial charge in [0.25, 0.3) is 0 Å². The van der Waals surface area contributed by atoms with Crippen molar-refractivity contribution in [3.05, 3.63) is 45.1 Å². The average molecular weight is 311 g/mol. The quantitative estimate of drug-likeness (QED) is 0.749. The highest BCUT2D eigenvalue weighted by Gasteiger charge is 2.15. The van der Waals surface area contributed by atoms with Crippen LogP contribution in [-0.4, -0.2) is 20.0 Å². The van der Waals surface area contributed by atoms with Crippen molar-refractivity contribution in [1.29, 1.82) is 0 Å². The Morgan fingerprint density at radius 2 is 2.10 bits per heavy atom. The molecule has 0 spiro atoms. The van der Waals surface area contributed by atoms with Gasteiger partial charge < -0.3 is 9.47 Å². The summed E-state index contributed by atoms with van der Waals surface area (Å²) >= 11 is 7.76. The molecule has 0 fully saturated rings. The normalized spacial score (nSPS) is 10.3. The van der Waals surface area contributed by atoms with Crippen LogP contribution in [0.25, 0.3) is 0 Å². The van der Waals surface area contributed by atoms with E-state index < -0.39 is 0 Å². The minimum absolute atomic E-state index is 0.0428. The standard InChI is InChI=1S/C15H15ClO3S/c1-18-14-9-10(8-12(16)15(14)19-2)13(17)6-5-11-4-3-7-20-11/h3-4,7-9H,5-6H2,1-2H3. The van der Waals surface area contributed by atoms with Crippen LogP contribution in [0.15, 0.2) is 29.6 Å². The van der Waals surface area contributed by atoms with Crippen LogP contribution in [0, 0.1) is 0 Å². The third-order valence-electron chi connectivity index (χ3n) is 2.93. The molecule has 20 heavy (non-hydrogen) atoms. The van der Waals surface area contributed by atoms with E-state index in [4.69, 9.17) is 21.1 Å². The van der Waals surface area contributed by atoms with Crippen molar-refractivity contribution in [1.82, 2.24) is 0 Å². The Labute approximate surface area is 127 Å². The van der Waals surface area contributed by atoms with Crippen molar-refractivity contribution < 1.29 is 14.3 Å². The van der Waals surface area contributed by atoms with E-state index in [0.29, 0.717) is 28.5 Å². The lowest BCUT2D eigenvalue weighted by Crippen LogP contribution is -2.02. The molecule has 5 heteroatoms. The van der Waals surface area contributed by atoms with E-state index in [9.17, 15) is 4.79 Å². The predicted molar refractivity (Wildman–Crippen MR) is 81.5 cm³/mol. The molecule has 1 aromatic carbocycles. The Bertz CT molecular complexity index is 593. The molecule has 0 saturated carbocycles. The van der Waals surface area contributed by atoms with E-state index in [-0.39, 0.29) is 5.78 Å². The molecule has 1 heterocycles. The van der Waals surface area contributed by atoms with E-state index in [1.165, 1.54) is 19.1 Å². The van der Waals surface area contributed by atoms with Crippen molar-refractivity contribution in [3.8, 4) is 11.5 Å². The number of ketones is 1. The number of carbonyl (C=O) groups excluding carboxylic acids is 1. The van der Waals surface area contributed by atoms with Gasteiger partial charge in [0.15, 0.2) is 17.3 Å². The van der Waals surface area contributed by atoms with Crippen LogP contribution in [0.1, 0.15) is 21.7 Å². The Kier molecular flexibility index (Phi) is 5.04. The van der Waals surface area contributed by atoms with Gasteiger partial charge in [0.2, 0.25) is 0 Å². The predicted octanol–water partition coefficient (Wildman–Crippen LogP) is 4.23. The van der Waals surface area contributed by atoms with Gasteiger partial charge in [-0.25, -0.2) is 0 Å². The van der Waals surface area contributed by atoms with Crippen LogP contribution >= 0.6 is 22.9 Å². The number of halogens is 1. The van der Waals surface area contributed by atoms with E-state index in [1.54, 1.807) is 23.5 Å². The summed E-state index contributed by atoms with van der Waals surface area (Å²) in [7, 11) is 3.04. The van der Waals surface area contributed by atoms with Gasteiger partial charge in [-0.05, 0) is 30.0 Å². The topological polar surface area (TPSA) is 35.5 Å². The Hall–Kier alpha value is -1.52. The van der Waals surface area contributed by atoms with Crippen LogP contribution in [0.3, 0.4) is 0 Å². The molecule has 0 atom stereocenters. The Morgan fingerprint density at radius 1 is 1.30 bits per heavy atom. The minimum Gasteiger partial charge on any atom is -0.493 e. The van der Waals surface area contributed by atoms with Crippen molar-refractivity contribution >= 4 is 28.7 Å². The highest BCUT2D eigenvalue weighted by molar-refractivity contribution is 7.09. The molecular weight excluding hydrogens is 296 g/mol. The molecule has 2 aromatic rings. The zero-order valence-corrected chi connectivity index (χ0v) is 12.9. The second-order valence-electron chi connectivity index (χ2n) is 4.20. The molecule has 0 amide bonds. The number of hydrogen-bond acceptors (Lipinski definition) is 4. The van der Waals surface area contributed by atoms with E-state index in [0.717, 1.165) is 6.42 Å². The van der Waals surface area contributed by atoms with Gasteiger partial charge in [0.05, 0.1) is 19.2 Å². The van der Waals surface area contributed by atoms with Crippen LogP contribution in [0.4, 0.5) is 0 Å². The summed E-state index contributed by atoms with van der Waals surface area (Å²) in [5, 5.41) is 2.39.